The van der Waals surface area contributed by atoms with Gasteiger partial charge in [-0.3, -0.25) is 9.59 Å². The zero-order valence-electron chi connectivity index (χ0n) is 18.9. The summed E-state index contributed by atoms with van der Waals surface area (Å²) in [6.45, 7) is 4.25. The van der Waals surface area contributed by atoms with Crippen molar-refractivity contribution in [3.8, 4) is 0 Å². The Kier molecular flexibility index (Phi) is 9.14. The van der Waals surface area contributed by atoms with Gasteiger partial charge in [0.25, 0.3) is 0 Å². The summed E-state index contributed by atoms with van der Waals surface area (Å²) in [5.74, 6) is 0.563. The molecule has 34 heavy (non-hydrogen) atoms. The maximum atomic E-state index is 12.6. The molecule has 3 rings (SSSR count). The van der Waals surface area contributed by atoms with Crippen LogP contribution in [0.2, 0.25) is 0 Å². The molecule has 1 aromatic heterocycles. The van der Waals surface area contributed by atoms with E-state index in [1.807, 2.05) is 13.0 Å². The first-order chi connectivity index (χ1) is 16.3. The van der Waals surface area contributed by atoms with Crippen LogP contribution in [0.1, 0.15) is 37.3 Å². The van der Waals surface area contributed by atoms with E-state index in [0.29, 0.717) is 29.5 Å². The molecule has 1 atom stereocenters. The number of nitrogens with one attached hydrogen (secondary N) is 2. The first-order valence-electron chi connectivity index (χ1n) is 11.2. The summed E-state index contributed by atoms with van der Waals surface area (Å²) in [4.78, 5) is 26.4. The zero-order chi connectivity index (χ0) is 24.6. The molecule has 1 fully saturated rings. The normalized spacial score (nSPS) is 16.2. The van der Waals surface area contributed by atoms with Crippen LogP contribution in [0.3, 0.4) is 0 Å². The number of thioether (sulfide) groups is 1. The number of aromatic nitrogens is 2. The number of carbonyl (C=O) groups excluding carboxylic acids is 2. The van der Waals surface area contributed by atoms with Crippen molar-refractivity contribution in [3.63, 3.8) is 0 Å². The molecule has 2 aromatic rings. The molecule has 7 nitrogen and oxygen atoms in total. The van der Waals surface area contributed by atoms with Crippen LogP contribution in [-0.2, 0) is 22.3 Å². The van der Waals surface area contributed by atoms with E-state index in [1.54, 1.807) is 6.07 Å². The molecule has 0 radical (unpaired) electrons. The molecule has 2 heterocycles. The van der Waals surface area contributed by atoms with Crippen molar-refractivity contribution in [2.75, 3.05) is 30.3 Å². The van der Waals surface area contributed by atoms with E-state index in [1.165, 1.54) is 23.9 Å². The summed E-state index contributed by atoms with van der Waals surface area (Å²) < 4.78 is 37.8. The number of alkyl halides is 3. The monoisotopic (exact) mass is 495 g/mol. The zero-order valence-corrected chi connectivity index (χ0v) is 19.7. The summed E-state index contributed by atoms with van der Waals surface area (Å²) in [5, 5.41) is 14.7. The molecule has 0 saturated carbocycles. The number of piperidine rings is 1. The van der Waals surface area contributed by atoms with Crippen molar-refractivity contribution >= 4 is 29.4 Å². The highest BCUT2D eigenvalue weighted by atomic mass is 32.2. The lowest BCUT2D eigenvalue weighted by Crippen LogP contribution is -2.43. The lowest BCUT2D eigenvalue weighted by atomic mass is 9.97. The highest BCUT2D eigenvalue weighted by Gasteiger charge is 2.30. The van der Waals surface area contributed by atoms with Crippen LogP contribution in [0.15, 0.2) is 41.4 Å². The van der Waals surface area contributed by atoms with Crippen molar-refractivity contribution in [1.82, 2.24) is 20.8 Å². The molecular weight excluding hydrogens is 467 g/mol. The summed E-state index contributed by atoms with van der Waals surface area (Å²) in [6.07, 6.45) is -1.72. The Balaban J connectivity index is 1.43. The molecular formula is C23H28F3N5O2S. The number of benzene rings is 1. The van der Waals surface area contributed by atoms with Gasteiger partial charge in [0.1, 0.15) is 5.03 Å². The Bertz CT molecular complexity index is 955. The third-order valence-electron chi connectivity index (χ3n) is 5.41. The molecule has 0 unspecified atom stereocenters. The molecule has 184 valence electrons. The van der Waals surface area contributed by atoms with Crippen LogP contribution < -0.4 is 15.5 Å². The van der Waals surface area contributed by atoms with Crippen molar-refractivity contribution in [1.29, 1.82) is 0 Å². The second-order valence-electron chi connectivity index (χ2n) is 8.07. The predicted molar refractivity (Wildman–Crippen MR) is 124 cm³/mol. The SMILES string of the molecule is CCCNC(=O)[C@H]1CCCN(c2ccc(SCC(=O)NCc3ccc(C(F)(F)F)cc3)nn2)C1. The van der Waals surface area contributed by atoms with Gasteiger partial charge in [-0.15, -0.1) is 10.2 Å². The molecule has 2 N–H and O–H groups in total. The van der Waals surface area contributed by atoms with Gasteiger partial charge in [-0.25, -0.2) is 0 Å². The maximum Gasteiger partial charge on any atom is 0.416 e. The molecule has 1 aromatic carbocycles. The number of rotatable bonds is 9. The topological polar surface area (TPSA) is 87.2 Å². The van der Waals surface area contributed by atoms with E-state index in [4.69, 9.17) is 0 Å². The van der Waals surface area contributed by atoms with E-state index in [-0.39, 0.29) is 30.0 Å². The first kappa shape index (κ1) is 25.8. The van der Waals surface area contributed by atoms with Crippen LogP contribution in [0.5, 0.6) is 0 Å². The van der Waals surface area contributed by atoms with Gasteiger partial charge in [-0.1, -0.05) is 30.8 Å². The van der Waals surface area contributed by atoms with Crippen LogP contribution in [0.4, 0.5) is 19.0 Å². The first-order valence-corrected chi connectivity index (χ1v) is 12.2. The Labute approximate surface area is 200 Å². The van der Waals surface area contributed by atoms with E-state index in [2.05, 4.69) is 25.7 Å². The van der Waals surface area contributed by atoms with E-state index >= 15 is 0 Å². The lowest BCUT2D eigenvalue weighted by Gasteiger charge is -2.32. The number of nitrogens with zero attached hydrogens (tertiary/aromatic N) is 3. The number of hydrogen-bond donors (Lipinski definition) is 2. The molecule has 1 aliphatic rings. The molecule has 0 spiro atoms. The van der Waals surface area contributed by atoms with Gasteiger partial charge in [0.15, 0.2) is 5.82 Å². The van der Waals surface area contributed by atoms with Crippen LogP contribution in [0, 0.1) is 5.92 Å². The quantitative estimate of drug-likeness (QED) is 0.517. The Morgan fingerprint density at radius 3 is 2.53 bits per heavy atom. The van der Waals surface area contributed by atoms with Gasteiger partial charge in [0.05, 0.1) is 17.2 Å². The molecule has 2 amide bonds. The number of halogens is 3. The fraction of sp³-hybridized carbons (Fsp3) is 0.478. The standard InChI is InChI=1S/C23H28F3N5O2S/c1-2-11-27-22(33)17-4-3-12-31(14-17)19-9-10-21(30-29-19)34-15-20(32)28-13-16-5-7-18(8-6-16)23(24,25)26/h5-10,17H,2-4,11-15H2,1H3,(H,27,33)(H,28,32)/t17-/m0/s1. The maximum absolute atomic E-state index is 12.6. The molecule has 1 saturated heterocycles. The summed E-state index contributed by atoms with van der Waals surface area (Å²) in [5.41, 5.74) is -0.140. The Morgan fingerprint density at radius 2 is 1.88 bits per heavy atom. The Hall–Kier alpha value is -2.82. The number of hydrogen-bond acceptors (Lipinski definition) is 6. The summed E-state index contributed by atoms with van der Waals surface area (Å²) in [6, 6.07) is 8.31. The highest BCUT2D eigenvalue weighted by molar-refractivity contribution is 7.99. The van der Waals surface area contributed by atoms with Crippen molar-refractivity contribution in [3.05, 3.63) is 47.5 Å². The fourth-order valence-electron chi connectivity index (χ4n) is 3.55. The van der Waals surface area contributed by atoms with Crippen molar-refractivity contribution < 1.29 is 22.8 Å². The highest BCUT2D eigenvalue weighted by Crippen LogP contribution is 2.29. The smallest absolute Gasteiger partial charge is 0.356 e. The minimum Gasteiger partial charge on any atom is -0.356 e. The average molecular weight is 496 g/mol. The second kappa shape index (κ2) is 12.0. The second-order valence-corrected chi connectivity index (χ2v) is 9.06. The molecule has 1 aliphatic heterocycles. The average Bonchev–Trinajstić information content (AvgIpc) is 2.85. The molecule has 0 aliphatic carbocycles. The fourth-order valence-corrected chi connectivity index (χ4v) is 4.20. The minimum atomic E-state index is -4.38. The van der Waals surface area contributed by atoms with Crippen molar-refractivity contribution in [2.45, 2.75) is 43.9 Å². The number of amides is 2. The lowest BCUT2D eigenvalue weighted by molar-refractivity contribution is -0.137. The summed E-state index contributed by atoms with van der Waals surface area (Å²) in [7, 11) is 0. The molecule has 0 bridgehead atoms. The predicted octanol–water partition coefficient (Wildman–Crippen LogP) is 3.65. The van der Waals surface area contributed by atoms with Gasteiger partial charge in [-0.05, 0) is 49.1 Å². The molecule has 11 heteroatoms. The number of anilines is 1. The van der Waals surface area contributed by atoms with Gasteiger partial charge < -0.3 is 15.5 Å². The van der Waals surface area contributed by atoms with Gasteiger partial charge in [0.2, 0.25) is 11.8 Å². The Morgan fingerprint density at radius 1 is 1.12 bits per heavy atom. The van der Waals surface area contributed by atoms with Crippen LogP contribution in [0.25, 0.3) is 0 Å². The van der Waals surface area contributed by atoms with Crippen LogP contribution in [-0.4, -0.2) is 47.4 Å². The van der Waals surface area contributed by atoms with Gasteiger partial charge >= 0.3 is 6.18 Å². The summed E-state index contributed by atoms with van der Waals surface area (Å²) >= 11 is 1.22. The largest absolute Gasteiger partial charge is 0.416 e. The minimum absolute atomic E-state index is 0.0653. The van der Waals surface area contributed by atoms with E-state index in [9.17, 15) is 22.8 Å². The van der Waals surface area contributed by atoms with E-state index < -0.39 is 11.7 Å². The van der Waals surface area contributed by atoms with Crippen molar-refractivity contribution in [2.24, 2.45) is 5.92 Å². The van der Waals surface area contributed by atoms with Gasteiger partial charge in [0, 0.05) is 26.2 Å². The third-order valence-corrected chi connectivity index (χ3v) is 6.33. The van der Waals surface area contributed by atoms with E-state index in [0.717, 1.165) is 37.9 Å². The van der Waals surface area contributed by atoms with Gasteiger partial charge in [-0.2, -0.15) is 13.2 Å². The van der Waals surface area contributed by atoms with Crippen LogP contribution >= 0.6 is 11.8 Å². The third kappa shape index (κ3) is 7.61. The number of carbonyl (C=O) groups is 2.